The summed E-state index contributed by atoms with van der Waals surface area (Å²) >= 11 is 0. The minimum absolute atomic E-state index is 0.0838. The summed E-state index contributed by atoms with van der Waals surface area (Å²) in [6.07, 6.45) is 2.42. The highest BCUT2D eigenvalue weighted by molar-refractivity contribution is 7.89. The third kappa shape index (κ3) is 2.82. The Labute approximate surface area is 88.4 Å². The Bertz CT molecular complexity index is 460. The Kier molecular flexibility index (Phi) is 3.18. The maximum absolute atomic E-state index is 11.3. The van der Waals surface area contributed by atoms with Crippen molar-refractivity contribution in [3.05, 3.63) is 24.0 Å². The van der Waals surface area contributed by atoms with E-state index in [0.29, 0.717) is 5.69 Å². The molecule has 1 aromatic rings. The number of aromatic nitrogens is 1. The molecule has 0 amide bonds. The molecule has 0 bridgehead atoms. The SMILES string of the molecule is CC(CC(=O)O)c1cccn1S(C)(=O)=O. The average molecular weight is 231 g/mol. The molecule has 0 aliphatic carbocycles. The fourth-order valence-electron chi connectivity index (χ4n) is 1.43. The van der Waals surface area contributed by atoms with Crippen molar-refractivity contribution < 1.29 is 18.3 Å². The van der Waals surface area contributed by atoms with Gasteiger partial charge in [-0.1, -0.05) is 6.92 Å². The number of hydrogen-bond acceptors (Lipinski definition) is 3. The molecule has 6 heteroatoms. The van der Waals surface area contributed by atoms with Gasteiger partial charge in [0.05, 0.1) is 12.7 Å². The minimum atomic E-state index is -3.35. The quantitative estimate of drug-likeness (QED) is 0.834. The smallest absolute Gasteiger partial charge is 0.304 e. The number of carboxylic acids is 1. The molecule has 84 valence electrons. The van der Waals surface area contributed by atoms with Gasteiger partial charge in [-0.15, -0.1) is 0 Å². The first-order valence-corrected chi connectivity index (χ1v) is 6.27. The Balaban J connectivity index is 3.06. The van der Waals surface area contributed by atoms with Gasteiger partial charge in [-0.3, -0.25) is 4.79 Å². The maximum Gasteiger partial charge on any atom is 0.304 e. The Morgan fingerprint density at radius 1 is 1.60 bits per heavy atom. The van der Waals surface area contributed by atoms with Crippen LogP contribution in [0.15, 0.2) is 18.3 Å². The lowest BCUT2D eigenvalue weighted by Gasteiger charge is -2.11. The summed E-state index contributed by atoms with van der Waals surface area (Å²) < 4.78 is 23.8. The normalized spacial score (nSPS) is 13.7. The van der Waals surface area contributed by atoms with Gasteiger partial charge in [0.2, 0.25) is 10.0 Å². The lowest BCUT2D eigenvalue weighted by molar-refractivity contribution is -0.137. The molecule has 0 aliphatic rings. The van der Waals surface area contributed by atoms with Crippen LogP contribution in [-0.2, 0) is 14.8 Å². The number of rotatable bonds is 4. The van der Waals surface area contributed by atoms with Gasteiger partial charge in [0.25, 0.3) is 0 Å². The van der Waals surface area contributed by atoms with E-state index in [4.69, 9.17) is 5.11 Å². The summed E-state index contributed by atoms with van der Waals surface area (Å²) in [4.78, 5) is 10.5. The molecule has 1 N–H and O–H groups in total. The van der Waals surface area contributed by atoms with Crippen LogP contribution in [0.3, 0.4) is 0 Å². The zero-order valence-corrected chi connectivity index (χ0v) is 9.36. The summed E-state index contributed by atoms with van der Waals surface area (Å²) in [7, 11) is -3.35. The summed E-state index contributed by atoms with van der Waals surface area (Å²) in [6.45, 7) is 1.69. The molecule has 0 saturated heterocycles. The third-order valence-electron chi connectivity index (χ3n) is 2.09. The van der Waals surface area contributed by atoms with Crippen LogP contribution in [0, 0.1) is 0 Å². The van der Waals surface area contributed by atoms with E-state index in [1.54, 1.807) is 19.1 Å². The molecule has 1 aromatic heterocycles. The van der Waals surface area contributed by atoms with Crippen LogP contribution in [0.5, 0.6) is 0 Å². The van der Waals surface area contributed by atoms with Gasteiger partial charge < -0.3 is 5.11 Å². The highest BCUT2D eigenvalue weighted by atomic mass is 32.2. The number of aliphatic carboxylic acids is 1. The third-order valence-corrected chi connectivity index (χ3v) is 3.13. The van der Waals surface area contributed by atoms with E-state index in [1.807, 2.05) is 0 Å². The molecule has 0 saturated carbocycles. The van der Waals surface area contributed by atoms with E-state index in [2.05, 4.69) is 0 Å². The van der Waals surface area contributed by atoms with Crippen molar-refractivity contribution in [2.24, 2.45) is 0 Å². The van der Waals surface area contributed by atoms with E-state index >= 15 is 0 Å². The molecule has 5 nitrogen and oxygen atoms in total. The van der Waals surface area contributed by atoms with Gasteiger partial charge in [0.15, 0.2) is 0 Å². The zero-order valence-electron chi connectivity index (χ0n) is 8.54. The monoisotopic (exact) mass is 231 g/mol. The molecule has 0 spiro atoms. The Morgan fingerprint density at radius 3 is 2.67 bits per heavy atom. The minimum Gasteiger partial charge on any atom is -0.481 e. The van der Waals surface area contributed by atoms with Crippen molar-refractivity contribution in [2.75, 3.05) is 6.26 Å². The lowest BCUT2D eigenvalue weighted by Crippen LogP contribution is -2.15. The first-order chi connectivity index (χ1) is 6.82. The first kappa shape index (κ1) is 11.8. The second-order valence-corrected chi connectivity index (χ2v) is 5.35. The van der Waals surface area contributed by atoms with Crippen LogP contribution in [0.1, 0.15) is 25.0 Å². The molecular formula is C9H13NO4S. The molecule has 0 aromatic carbocycles. The number of hydrogen-bond donors (Lipinski definition) is 1. The topological polar surface area (TPSA) is 76.4 Å². The van der Waals surface area contributed by atoms with Crippen LogP contribution in [0.25, 0.3) is 0 Å². The van der Waals surface area contributed by atoms with Crippen LogP contribution in [0.2, 0.25) is 0 Å². The molecule has 1 atom stereocenters. The fourth-order valence-corrected chi connectivity index (χ4v) is 2.34. The fraction of sp³-hybridized carbons (Fsp3) is 0.444. The van der Waals surface area contributed by atoms with Gasteiger partial charge >= 0.3 is 5.97 Å². The number of carboxylic acid groups (broad SMARTS) is 1. The first-order valence-electron chi connectivity index (χ1n) is 4.42. The van der Waals surface area contributed by atoms with Gasteiger partial charge in [-0.05, 0) is 12.1 Å². The van der Waals surface area contributed by atoms with Gasteiger partial charge in [-0.25, -0.2) is 12.4 Å². The van der Waals surface area contributed by atoms with Gasteiger partial charge in [0, 0.05) is 17.8 Å². The summed E-state index contributed by atoms with van der Waals surface area (Å²) in [5, 5.41) is 8.62. The summed E-state index contributed by atoms with van der Waals surface area (Å²) in [5.41, 5.74) is 0.500. The highest BCUT2D eigenvalue weighted by Crippen LogP contribution is 2.20. The van der Waals surface area contributed by atoms with E-state index in [1.165, 1.54) is 6.20 Å². The molecule has 15 heavy (non-hydrogen) atoms. The highest BCUT2D eigenvalue weighted by Gasteiger charge is 2.17. The summed E-state index contributed by atoms with van der Waals surface area (Å²) in [6, 6.07) is 3.21. The summed E-state index contributed by atoms with van der Waals surface area (Å²) in [5.74, 6) is -1.27. The predicted molar refractivity (Wildman–Crippen MR) is 55.3 cm³/mol. The van der Waals surface area contributed by atoms with Gasteiger partial charge in [0.1, 0.15) is 0 Å². The van der Waals surface area contributed by atoms with Crippen molar-refractivity contribution in [2.45, 2.75) is 19.3 Å². The van der Waals surface area contributed by atoms with Crippen molar-refractivity contribution in [1.29, 1.82) is 0 Å². The van der Waals surface area contributed by atoms with Crippen LogP contribution < -0.4 is 0 Å². The Morgan fingerprint density at radius 2 is 2.20 bits per heavy atom. The van der Waals surface area contributed by atoms with E-state index in [0.717, 1.165) is 10.2 Å². The number of carbonyl (C=O) groups is 1. The van der Waals surface area contributed by atoms with Crippen molar-refractivity contribution in [3.8, 4) is 0 Å². The Hall–Kier alpha value is -1.30. The second-order valence-electron chi connectivity index (χ2n) is 3.49. The van der Waals surface area contributed by atoms with Crippen LogP contribution in [0.4, 0.5) is 0 Å². The van der Waals surface area contributed by atoms with Crippen molar-refractivity contribution in [1.82, 2.24) is 3.97 Å². The van der Waals surface area contributed by atoms with E-state index in [9.17, 15) is 13.2 Å². The molecule has 1 heterocycles. The van der Waals surface area contributed by atoms with Crippen LogP contribution >= 0.6 is 0 Å². The average Bonchev–Trinajstić information content (AvgIpc) is 2.48. The molecule has 0 fully saturated rings. The largest absolute Gasteiger partial charge is 0.481 e. The molecular weight excluding hydrogens is 218 g/mol. The molecule has 0 radical (unpaired) electrons. The van der Waals surface area contributed by atoms with Crippen molar-refractivity contribution >= 4 is 16.0 Å². The van der Waals surface area contributed by atoms with E-state index in [-0.39, 0.29) is 12.3 Å². The lowest BCUT2D eigenvalue weighted by atomic mass is 10.1. The second kappa shape index (κ2) is 4.06. The molecule has 1 rings (SSSR count). The van der Waals surface area contributed by atoms with Gasteiger partial charge in [-0.2, -0.15) is 0 Å². The van der Waals surface area contributed by atoms with Crippen molar-refractivity contribution in [3.63, 3.8) is 0 Å². The molecule has 0 aliphatic heterocycles. The maximum atomic E-state index is 11.3. The molecule has 1 unspecified atom stereocenters. The van der Waals surface area contributed by atoms with Crippen LogP contribution in [-0.4, -0.2) is 29.7 Å². The van der Waals surface area contributed by atoms with E-state index < -0.39 is 16.0 Å². The number of nitrogens with zero attached hydrogens (tertiary/aromatic N) is 1. The predicted octanol–water partition coefficient (Wildman–Crippen LogP) is 0.874. The standard InChI is InChI=1S/C9H13NO4S/c1-7(6-9(11)12)8-4-3-5-10(8)15(2,13)14/h3-5,7H,6H2,1-2H3,(H,11,12). The zero-order chi connectivity index (χ0) is 11.6.